The molecule has 2 aromatic rings. The van der Waals surface area contributed by atoms with Gasteiger partial charge in [0.05, 0.1) is 12.1 Å². The molecule has 0 bridgehead atoms. The third-order valence-corrected chi connectivity index (χ3v) is 4.67. The number of hydrogen-bond acceptors (Lipinski definition) is 2. The predicted octanol–water partition coefficient (Wildman–Crippen LogP) is 3.53. The Hall–Kier alpha value is -1.64. The summed E-state index contributed by atoms with van der Waals surface area (Å²) in [7, 11) is 0. The molecule has 2 nitrogen and oxygen atoms in total. The number of hydrogen-bond donors (Lipinski definition) is 2. The molecule has 0 fully saturated rings. The van der Waals surface area contributed by atoms with E-state index in [1.165, 1.54) is 22.3 Å². The number of aliphatic hydroxyl groups is 1. The lowest BCUT2D eigenvalue weighted by Gasteiger charge is -2.31. The second kappa shape index (κ2) is 5.63. The molecule has 2 aromatic carbocycles. The highest BCUT2D eigenvalue weighted by Crippen LogP contribution is 2.35. The van der Waals surface area contributed by atoms with Crippen LogP contribution in [0.15, 0.2) is 36.4 Å². The maximum absolute atomic E-state index is 10.9. The third-order valence-electron chi connectivity index (χ3n) is 4.67. The van der Waals surface area contributed by atoms with E-state index in [1.54, 1.807) is 0 Å². The molecule has 21 heavy (non-hydrogen) atoms. The SMILES string of the molecule is Cc1cc(C)c(C(O)C2NCCc3ccccc32)cc1C. The Morgan fingerprint density at radius 3 is 2.57 bits per heavy atom. The maximum atomic E-state index is 10.9. The van der Waals surface area contributed by atoms with Crippen molar-refractivity contribution in [2.45, 2.75) is 39.3 Å². The summed E-state index contributed by atoms with van der Waals surface area (Å²) in [5.41, 5.74) is 7.29. The number of rotatable bonds is 2. The maximum Gasteiger partial charge on any atom is 0.0987 e. The summed E-state index contributed by atoms with van der Waals surface area (Å²) < 4.78 is 0. The largest absolute Gasteiger partial charge is 0.386 e. The van der Waals surface area contributed by atoms with Gasteiger partial charge in [0, 0.05) is 0 Å². The summed E-state index contributed by atoms with van der Waals surface area (Å²) in [6.45, 7) is 7.22. The van der Waals surface area contributed by atoms with Crippen molar-refractivity contribution in [1.82, 2.24) is 5.32 Å². The molecular formula is C19H23NO. The van der Waals surface area contributed by atoms with Crippen molar-refractivity contribution in [2.75, 3.05) is 6.54 Å². The van der Waals surface area contributed by atoms with Gasteiger partial charge in [-0.2, -0.15) is 0 Å². The molecule has 0 aliphatic carbocycles. The minimum atomic E-state index is -0.509. The summed E-state index contributed by atoms with van der Waals surface area (Å²) in [6.07, 6.45) is 0.524. The summed E-state index contributed by atoms with van der Waals surface area (Å²) in [5.74, 6) is 0. The fourth-order valence-corrected chi connectivity index (χ4v) is 3.30. The fourth-order valence-electron chi connectivity index (χ4n) is 3.30. The van der Waals surface area contributed by atoms with Gasteiger partial charge in [-0.05, 0) is 67.1 Å². The molecule has 1 heterocycles. The van der Waals surface area contributed by atoms with Crippen LogP contribution >= 0.6 is 0 Å². The molecule has 3 rings (SSSR count). The molecule has 2 heteroatoms. The Balaban J connectivity index is 2.00. The van der Waals surface area contributed by atoms with Crippen molar-refractivity contribution < 1.29 is 5.11 Å². The molecule has 1 aliphatic heterocycles. The lowest BCUT2D eigenvalue weighted by atomic mass is 9.86. The molecule has 0 saturated carbocycles. The van der Waals surface area contributed by atoms with Crippen LogP contribution in [0.3, 0.4) is 0 Å². The highest BCUT2D eigenvalue weighted by Gasteiger charge is 2.28. The monoisotopic (exact) mass is 281 g/mol. The molecule has 2 unspecified atom stereocenters. The van der Waals surface area contributed by atoms with Gasteiger partial charge >= 0.3 is 0 Å². The Bertz CT molecular complexity index is 663. The number of benzene rings is 2. The van der Waals surface area contributed by atoms with Crippen LogP contribution < -0.4 is 5.32 Å². The lowest BCUT2D eigenvalue weighted by Crippen LogP contribution is -2.34. The first-order valence-electron chi connectivity index (χ1n) is 7.65. The van der Waals surface area contributed by atoms with E-state index in [9.17, 15) is 5.11 Å². The summed E-state index contributed by atoms with van der Waals surface area (Å²) in [4.78, 5) is 0. The van der Waals surface area contributed by atoms with E-state index in [2.05, 4.69) is 62.5 Å². The molecule has 0 radical (unpaired) electrons. The topological polar surface area (TPSA) is 32.3 Å². The highest BCUT2D eigenvalue weighted by molar-refractivity contribution is 5.41. The average molecular weight is 281 g/mol. The van der Waals surface area contributed by atoms with Gasteiger partial charge in [-0.15, -0.1) is 0 Å². The zero-order valence-electron chi connectivity index (χ0n) is 13.0. The molecular weight excluding hydrogens is 258 g/mol. The van der Waals surface area contributed by atoms with Crippen molar-refractivity contribution in [3.63, 3.8) is 0 Å². The Kier molecular flexibility index (Phi) is 3.83. The van der Waals surface area contributed by atoms with Crippen molar-refractivity contribution in [3.8, 4) is 0 Å². The van der Waals surface area contributed by atoms with Crippen LogP contribution in [-0.4, -0.2) is 11.7 Å². The van der Waals surface area contributed by atoms with E-state index in [0.717, 1.165) is 24.1 Å². The van der Waals surface area contributed by atoms with E-state index in [1.807, 2.05) is 0 Å². The van der Waals surface area contributed by atoms with Crippen molar-refractivity contribution in [3.05, 3.63) is 69.8 Å². The number of nitrogens with one attached hydrogen (secondary N) is 1. The zero-order chi connectivity index (χ0) is 15.0. The Morgan fingerprint density at radius 1 is 1.05 bits per heavy atom. The number of aliphatic hydroxyl groups excluding tert-OH is 1. The smallest absolute Gasteiger partial charge is 0.0987 e. The summed E-state index contributed by atoms with van der Waals surface area (Å²) in [6, 6.07) is 12.7. The third kappa shape index (κ3) is 2.61. The first-order valence-corrected chi connectivity index (χ1v) is 7.65. The minimum absolute atomic E-state index is 0.0178. The van der Waals surface area contributed by atoms with Crippen LogP contribution in [0.5, 0.6) is 0 Å². The highest BCUT2D eigenvalue weighted by atomic mass is 16.3. The van der Waals surface area contributed by atoms with Crippen LogP contribution in [0.4, 0.5) is 0 Å². The van der Waals surface area contributed by atoms with E-state index < -0.39 is 6.10 Å². The molecule has 110 valence electrons. The van der Waals surface area contributed by atoms with Crippen molar-refractivity contribution in [2.24, 2.45) is 0 Å². The second-order valence-electron chi connectivity index (χ2n) is 6.12. The van der Waals surface area contributed by atoms with Crippen LogP contribution in [0, 0.1) is 20.8 Å². The fraction of sp³-hybridized carbons (Fsp3) is 0.368. The normalized spacial score (nSPS) is 19.1. The molecule has 1 aliphatic rings. The van der Waals surface area contributed by atoms with Gasteiger partial charge in [0.1, 0.15) is 0 Å². The Morgan fingerprint density at radius 2 is 1.76 bits per heavy atom. The molecule has 2 N–H and O–H groups in total. The minimum Gasteiger partial charge on any atom is -0.386 e. The first kappa shape index (κ1) is 14.3. The van der Waals surface area contributed by atoms with Crippen molar-refractivity contribution >= 4 is 0 Å². The van der Waals surface area contributed by atoms with E-state index in [-0.39, 0.29) is 6.04 Å². The quantitative estimate of drug-likeness (QED) is 0.882. The Labute approximate surface area is 126 Å². The van der Waals surface area contributed by atoms with Gasteiger partial charge < -0.3 is 10.4 Å². The average Bonchev–Trinajstić information content (AvgIpc) is 2.49. The molecule has 2 atom stereocenters. The number of aryl methyl sites for hydroxylation is 3. The van der Waals surface area contributed by atoms with Gasteiger partial charge in [0.15, 0.2) is 0 Å². The predicted molar refractivity (Wildman–Crippen MR) is 86.5 cm³/mol. The van der Waals surface area contributed by atoms with Crippen LogP contribution in [0.1, 0.15) is 45.5 Å². The second-order valence-corrected chi connectivity index (χ2v) is 6.12. The molecule has 0 aromatic heterocycles. The molecule has 0 spiro atoms. The van der Waals surface area contributed by atoms with Gasteiger partial charge in [-0.25, -0.2) is 0 Å². The van der Waals surface area contributed by atoms with Gasteiger partial charge in [0.2, 0.25) is 0 Å². The van der Waals surface area contributed by atoms with Crippen LogP contribution in [0.25, 0.3) is 0 Å². The van der Waals surface area contributed by atoms with Gasteiger partial charge in [0.25, 0.3) is 0 Å². The van der Waals surface area contributed by atoms with E-state index in [4.69, 9.17) is 0 Å². The summed E-state index contributed by atoms with van der Waals surface area (Å²) >= 11 is 0. The van der Waals surface area contributed by atoms with E-state index in [0.29, 0.717) is 0 Å². The van der Waals surface area contributed by atoms with Crippen LogP contribution in [0.2, 0.25) is 0 Å². The van der Waals surface area contributed by atoms with Gasteiger partial charge in [-0.1, -0.05) is 36.4 Å². The summed E-state index contributed by atoms with van der Waals surface area (Å²) in [5, 5.41) is 14.4. The van der Waals surface area contributed by atoms with E-state index >= 15 is 0 Å². The van der Waals surface area contributed by atoms with Crippen molar-refractivity contribution in [1.29, 1.82) is 0 Å². The standard InChI is InChI=1S/C19H23NO/c1-12-10-14(3)17(11-13(12)2)19(21)18-16-7-5-4-6-15(16)8-9-20-18/h4-7,10-11,18-21H,8-9H2,1-3H3. The zero-order valence-corrected chi connectivity index (χ0v) is 13.0. The number of fused-ring (bicyclic) bond motifs is 1. The molecule has 0 saturated heterocycles. The lowest BCUT2D eigenvalue weighted by molar-refractivity contribution is 0.125. The van der Waals surface area contributed by atoms with Gasteiger partial charge in [-0.3, -0.25) is 0 Å². The first-order chi connectivity index (χ1) is 10.1. The van der Waals surface area contributed by atoms with Crippen LogP contribution in [-0.2, 0) is 6.42 Å². The molecule has 0 amide bonds.